The van der Waals surface area contributed by atoms with Crippen LogP contribution in [-0.4, -0.2) is 24.2 Å². The zero-order valence-electron chi connectivity index (χ0n) is 9.10. The first-order valence-corrected chi connectivity index (χ1v) is 5.92. The number of amides is 1. The summed E-state index contributed by atoms with van der Waals surface area (Å²) in [6.07, 6.45) is 0.950. The molecule has 4 nitrogen and oxygen atoms in total. The smallest absolute Gasteiger partial charge is 0.340 e. The Labute approximate surface area is 98.2 Å². The number of carbonyl (C=O) groups is 2. The summed E-state index contributed by atoms with van der Waals surface area (Å²) in [4.78, 5) is 23.3. The van der Waals surface area contributed by atoms with Crippen LogP contribution < -0.4 is 5.73 Å². The minimum Gasteiger partial charge on any atom is -0.449 e. The van der Waals surface area contributed by atoms with E-state index >= 15 is 0 Å². The zero-order valence-corrected chi connectivity index (χ0v) is 9.91. The molecule has 0 aliphatic heterocycles. The Balaban J connectivity index is 2.84. The Morgan fingerprint density at radius 3 is 2.56 bits per heavy atom. The summed E-state index contributed by atoms with van der Waals surface area (Å²) in [5.41, 5.74) is 5.46. The maximum atomic E-state index is 11.7. The lowest BCUT2D eigenvalue weighted by Crippen LogP contribution is -2.30. The number of hydrogen-bond donors (Lipinski definition) is 1. The Morgan fingerprint density at radius 2 is 2.00 bits per heavy atom. The van der Waals surface area contributed by atoms with Gasteiger partial charge in [-0.2, -0.15) is 0 Å². The number of hydrogen-bond acceptors (Lipinski definition) is 4. The number of carbonyl (C=O) groups excluding carboxylic acids is 2. The summed E-state index contributed by atoms with van der Waals surface area (Å²) in [5.74, 6) is -1.19. The molecule has 16 heavy (non-hydrogen) atoms. The number of benzene rings is 1. The number of esters is 1. The normalized spacial score (nSPS) is 11.9. The standard InChI is InChI=1S/C11H13NO3S/c1-7(10(12)13)15-11(14)8-5-3-4-6-9(8)16-2/h3-7H,1-2H3,(H2,12,13). The first-order valence-electron chi connectivity index (χ1n) is 4.69. The van der Waals surface area contributed by atoms with Crippen LogP contribution >= 0.6 is 11.8 Å². The molecule has 0 saturated heterocycles. The van der Waals surface area contributed by atoms with Gasteiger partial charge in [0.2, 0.25) is 0 Å². The second-order valence-electron chi connectivity index (χ2n) is 3.15. The predicted molar refractivity (Wildman–Crippen MR) is 62.3 cm³/mol. The Morgan fingerprint density at radius 1 is 1.38 bits per heavy atom. The third kappa shape index (κ3) is 3.00. The molecule has 0 saturated carbocycles. The van der Waals surface area contributed by atoms with E-state index in [0.29, 0.717) is 5.56 Å². The predicted octanol–water partition coefficient (Wildman–Crippen LogP) is 1.44. The molecular weight excluding hydrogens is 226 g/mol. The van der Waals surface area contributed by atoms with E-state index in [1.165, 1.54) is 18.7 Å². The topological polar surface area (TPSA) is 69.4 Å². The van der Waals surface area contributed by atoms with Crippen LogP contribution in [0.1, 0.15) is 17.3 Å². The lowest BCUT2D eigenvalue weighted by atomic mass is 10.2. The molecule has 0 aromatic heterocycles. The number of ether oxygens (including phenoxy) is 1. The largest absolute Gasteiger partial charge is 0.449 e. The molecule has 0 fully saturated rings. The molecule has 1 unspecified atom stereocenters. The Kier molecular flexibility index (Phi) is 4.37. The van der Waals surface area contributed by atoms with Crippen molar-refractivity contribution >= 4 is 23.6 Å². The highest BCUT2D eigenvalue weighted by atomic mass is 32.2. The molecule has 0 heterocycles. The molecule has 1 rings (SSSR count). The first-order chi connectivity index (χ1) is 7.56. The summed E-state index contributed by atoms with van der Waals surface area (Å²) < 4.78 is 4.91. The zero-order chi connectivity index (χ0) is 12.1. The van der Waals surface area contributed by atoms with Crippen LogP contribution in [0.4, 0.5) is 0 Å². The lowest BCUT2D eigenvalue weighted by Gasteiger charge is -2.11. The van der Waals surface area contributed by atoms with Gasteiger partial charge in [0.25, 0.3) is 5.91 Å². The van der Waals surface area contributed by atoms with Crippen LogP contribution in [-0.2, 0) is 9.53 Å². The van der Waals surface area contributed by atoms with E-state index in [0.717, 1.165) is 4.90 Å². The summed E-state index contributed by atoms with van der Waals surface area (Å²) in [5, 5.41) is 0. The molecule has 1 atom stereocenters. The van der Waals surface area contributed by atoms with Gasteiger partial charge < -0.3 is 10.5 Å². The molecule has 5 heteroatoms. The quantitative estimate of drug-likeness (QED) is 0.637. The third-order valence-electron chi connectivity index (χ3n) is 2.01. The van der Waals surface area contributed by atoms with Crippen molar-refractivity contribution in [3.63, 3.8) is 0 Å². The second-order valence-corrected chi connectivity index (χ2v) is 4.00. The first kappa shape index (κ1) is 12.6. The van der Waals surface area contributed by atoms with Gasteiger partial charge in [0.1, 0.15) is 0 Å². The minimum absolute atomic E-state index is 0.447. The van der Waals surface area contributed by atoms with Crippen LogP contribution in [0, 0.1) is 0 Å². The van der Waals surface area contributed by atoms with Gasteiger partial charge in [0, 0.05) is 4.90 Å². The maximum Gasteiger partial charge on any atom is 0.340 e. The minimum atomic E-state index is -0.914. The Bertz CT molecular complexity index is 406. The van der Waals surface area contributed by atoms with Crippen LogP contribution in [0.2, 0.25) is 0 Å². The van der Waals surface area contributed by atoms with Crippen LogP contribution in [0.5, 0.6) is 0 Å². The van der Waals surface area contributed by atoms with Gasteiger partial charge in [-0.05, 0) is 25.3 Å². The van der Waals surface area contributed by atoms with Crippen molar-refractivity contribution in [1.82, 2.24) is 0 Å². The van der Waals surface area contributed by atoms with Gasteiger partial charge in [-0.25, -0.2) is 4.79 Å². The molecular formula is C11H13NO3S. The fourth-order valence-corrected chi connectivity index (χ4v) is 1.68. The molecule has 0 aliphatic carbocycles. The molecule has 0 aliphatic rings. The monoisotopic (exact) mass is 239 g/mol. The summed E-state index contributed by atoms with van der Waals surface area (Å²) in [6.45, 7) is 1.45. The number of thioether (sulfide) groups is 1. The van der Waals surface area contributed by atoms with Crippen molar-refractivity contribution in [3.8, 4) is 0 Å². The number of nitrogens with two attached hydrogens (primary N) is 1. The summed E-state index contributed by atoms with van der Waals surface area (Å²) >= 11 is 1.44. The maximum absolute atomic E-state index is 11.7. The van der Waals surface area contributed by atoms with E-state index in [4.69, 9.17) is 10.5 Å². The fourth-order valence-electron chi connectivity index (χ4n) is 1.10. The van der Waals surface area contributed by atoms with E-state index in [-0.39, 0.29) is 0 Å². The van der Waals surface area contributed by atoms with Crippen LogP contribution in [0.25, 0.3) is 0 Å². The molecule has 1 amide bonds. The van der Waals surface area contributed by atoms with E-state index in [2.05, 4.69) is 0 Å². The van der Waals surface area contributed by atoms with Gasteiger partial charge >= 0.3 is 5.97 Å². The van der Waals surface area contributed by atoms with E-state index < -0.39 is 18.0 Å². The van der Waals surface area contributed by atoms with E-state index in [1.807, 2.05) is 18.4 Å². The van der Waals surface area contributed by atoms with Crippen molar-refractivity contribution in [2.75, 3.05) is 6.26 Å². The Hall–Kier alpha value is -1.49. The highest BCUT2D eigenvalue weighted by molar-refractivity contribution is 7.98. The van der Waals surface area contributed by atoms with Crippen molar-refractivity contribution in [2.24, 2.45) is 5.73 Å². The lowest BCUT2D eigenvalue weighted by molar-refractivity contribution is -0.125. The van der Waals surface area contributed by atoms with Crippen molar-refractivity contribution < 1.29 is 14.3 Å². The van der Waals surface area contributed by atoms with Gasteiger partial charge in [-0.3, -0.25) is 4.79 Å². The number of primary amides is 1. The second kappa shape index (κ2) is 5.55. The summed E-state index contributed by atoms with van der Waals surface area (Å²) in [7, 11) is 0. The van der Waals surface area contributed by atoms with Crippen LogP contribution in [0.15, 0.2) is 29.2 Å². The molecule has 0 radical (unpaired) electrons. The van der Waals surface area contributed by atoms with Gasteiger partial charge in [-0.15, -0.1) is 11.8 Å². The van der Waals surface area contributed by atoms with E-state index in [9.17, 15) is 9.59 Å². The van der Waals surface area contributed by atoms with Crippen molar-refractivity contribution in [3.05, 3.63) is 29.8 Å². The molecule has 0 spiro atoms. The average molecular weight is 239 g/mol. The van der Waals surface area contributed by atoms with Crippen molar-refractivity contribution in [2.45, 2.75) is 17.9 Å². The number of rotatable bonds is 4. The molecule has 2 N–H and O–H groups in total. The third-order valence-corrected chi connectivity index (χ3v) is 2.81. The SMILES string of the molecule is CSc1ccccc1C(=O)OC(C)C(N)=O. The van der Waals surface area contributed by atoms with Crippen LogP contribution in [0.3, 0.4) is 0 Å². The molecule has 0 bridgehead atoms. The van der Waals surface area contributed by atoms with E-state index in [1.54, 1.807) is 12.1 Å². The fraction of sp³-hybridized carbons (Fsp3) is 0.273. The highest BCUT2D eigenvalue weighted by Crippen LogP contribution is 2.20. The highest BCUT2D eigenvalue weighted by Gasteiger charge is 2.18. The molecule has 1 aromatic rings. The van der Waals surface area contributed by atoms with Crippen molar-refractivity contribution in [1.29, 1.82) is 0 Å². The molecule has 1 aromatic carbocycles. The van der Waals surface area contributed by atoms with Gasteiger partial charge in [0.15, 0.2) is 6.10 Å². The molecule has 86 valence electrons. The van der Waals surface area contributed by atoms with Gasteiger partial charge in [0.05, 0.1) is 5.56 Å². The summed E-state index contributed by atoms with van der Waals surface area (Å²) in [6, 6.07) is 7.05. The van der Waals surface area contributed by atoms with Gasteiger partial charge in [-0.1, -0.05) is 12.1 Å². The average Bonchev–Trinajstić information content (AvgIpc) is 2.28.